The summed E-state index contributed by atoms with van der Waals surface area (Å²) in [4.78, 5) is 16.1. The molecule has 5 nitrogen and oxygen atoms in total. The Morgan fingerprint density at radius 2 is 2.10 bits per heavy atom. The maximum absolute atomic E-state index is 11.5. The van der Waals surface area contributed by atoms with Gasteiger partial charge in [-0.25, -0.2) is 4.98 Å². The van der Waals surface area contributed by atoms with E-state index in [0.717, 1.165) is 16.9 Å². The molecule has 0 atom stereocenters. The van der Waals surface area contributed by atoms with Gasteiger partial charge in [0.05, 0.1) is 17.6 Å². The molecule has 20 heavy (non-hydrogen) atoms. The van der Waals surface area contributed by atoms with E-state index in [1.54, 1.807) is 0 Å². The molecule has 5 heteroatoms. The second-order valence-electron chi connectivity index (χ2n) is 5.22. The number of amides is 1. The molecule has 2 N–H and O–H groups in total. The van der Waals surface area contributed by atoms with Crippen LogP contribution in [0.25, 0.3) is 11.0 Å². The number of para-hydroxylation sites is 2. The van der Waals surface area contributed by atoms with E-state index in [1.807, 2.05) is 39.1 Å². The standard InChI is InChI=1S/C15H22N4O/c1-11(2)17-15(20)8-9-16-10-14-18-12-6-4-5-7-13(12)19(14)3/h4-7,11,16H,8-10H2,1-3H3,(H,17,20). The minimum atomic E-state index is 0.0810. The van der Waals surface area contributed by atoms with E-state index in [2.05, 4.69) is 26.3 Å². The van der Waals surface area contributed by atoms with Crippen LogP contribution in [0.4, 0.5) is 0 Å². The third kappa shape index (κ3) is 3.57. The maximum Gasteiger partial charge on any atom is 0.221 e. The summed E-state index contributed by atoms with van der Waals surface area (Å²) in [6, 6.07) is 8.26. The molecule has 1 aromatic carbocycles. The van der Waals surface area contributed by atoms with Crippen LogP contribution >= 0.6 is 0 Å². The molecule has 0 aliphatic carbocycles. The van der Waals surface area contributed by atoms with Crippen LogP contribution in [0.1, 0.15) is 26.1 Å². The molecule has 0 unspecified atom stereocenters. The van der Waals surface area contributed by atoms with Gasteiger partial charge in [-0.15, -0.1) is 0 Å². The number of aryl methyl sites for hydroxylation is 1. The molecular formula is C15H22N4O. The van der Waals surface area contributed by atoms with Crippen LogP contribution in [0.3, 0.4) is 0 Å². The van der Waals surface area contributed by atoms with E-state index >= 15 is 0 Å². The molecule has 1 heterocycles. The summed E-state index contributed by atoms with van der Waals surface area (Å²) in [6.07, 6.45) is 0.488. The highest BCUT2D eigenvalue weighted by atomic mass is 16.1. The third-order valence-electron chi connectivity index (χ3n) is 3.14. The summed E-state index contributed by atoms with van der Waals surface area (Å²) in [6.45, 7) is 5.25. The highest BCUT2D eigenvalue weighted by Gasteiger charge is 2.07. The normalized spacial score (nSPS) is 11.2. The van der Waals surface area contributed by atoms with Crippen LogP contribution in [-0.4, -0.2) is 28.0 Å². The van der Waals surface area contributed by atoms with Gasteiger partial charge in [0.1, 0.15) is 5.82 Å². The molecule has 0 bridgehead atoms. The number of hydrogen-bond acceptors (Lipinski definition) is 3. The van der Waals surface area contributed by atoms with Crippen LogP contribution in [0.2, 0.25) is 0 Å². The van der Waals surface area contributed by atoms with Crippen molar-refractivity contribution in [3.05, 3.63) is 30.1 Å². The third-order valence-corrected chi connectivity index (χ3v) is 3.14. The smallest absolute Gasteiger partial charge is 0.221 e. The van der Waals surface area contributed by atoms with Gasteiger partial charge >= 0.3 is 0 Å². The number of aromatic nitrogens is 2. The predicted molar refractivity (Wildman–Crippen MR) is 80.3 cm³/mol. The quantitative estimate of drug-likeness (QED) is 0.786. The first-order valence-corrected chi connectivity index (χ1v) is 6.98. The molecule has 108 valence electrons. The number of nitrogens with zero attached hydrogens (tertiary/aromatic N) is 2. The van der Waals surface area contributed by atoms with E-state index < -0.39 is 0 Å². The number of fused-ring (bicyclic) bond motifs is 1. The molecule has 1 amide bonds. The van der Waals surface area contributed by atoms with Crippen LogP contribution in [-0.2, 0) is 18.4 Å². The van der Waals surface area contributed by atoms with Crippen molar-refractivity contribution in [3.63, 3.8) is 0 Å². The highest BCUT2D eigenvalue weighted by Crippen LogP contribution is 2.13. The van der Waals surface area contributed by atoms with Gasteiger partial charge < -0.3 is 15.2 Å². The lowest BCUT2D eigenvalue weighted by Crippen LogP contribution is -2.32. The minimum Gasteiger partial charge on any atom is -0.354 e. The molecule has 1 aromatic heterocycles. The van der Waals surface area contributed by atoms with E-state index in [-0.39, 0.29) is 11.9 Å². The van der Waals surface area contributed by atoms with Gasteiger partial charge in [-0.3, -0.25) is 4.79 Å². The first-order valence-electron chi connectivity index (χ1n) is 6.98. The molecule has 0 aliphatic rings. The maximum atomic E-state index is 11.5. The number of benzene rings is 1. The van der Waals surface area contributed by atoms with Crippen molar-refractivity contribution < 1.29 is 4.79 Å². The van der Waals surface area contributed by atoms with Crippen molar-refractivity contribution in [1.29, 1.82) is 0 Å². The minimum absolute atomic E-state index is 0.0810. The lowest BCUT2D eigenvalue weighted by atomic mass is 10.3. The van der Waals surface area contributed by atoms with Gasteiger partial charge in [-0.05, 0) is 26.0 Å². The largest absolute Gasteiger partial charge is 0.354 e. The SMILES string of the molecule is CC(C)NC(=O)CCNCc1nc2ccccc2n1C. The van der Waals surface area contributed by atoms with Gasteiger partial charge in [-0.2, -0.15) is 0 Å². The summed E-state index contributed by atoms with van der Waals surface area (Å²) in [7, 11) is 2.01. The lowest BCUT2D eigenvalue weighted by Gasteiger charge is -2.08. The lowest BCUT2D eigenvalue weighted by molar-refractivity contribution is -0.121. The molecule has 2 aromatic rings. The average molecular weight is 274 g/mol. The molecule has 0 spiro atoms. The molecule has 0 saturated heterocycles. The first kappa shape index (κ1) is 14.5. The fraction of sp³-hybridized carbons (Fsp3) is 0.467. The van der Waals surface area contributed by atoms with Gasteiger partial charge in [0.2, 0.25) is 5.91 Å². The Bertz CT molecular complexity index is 589. The van der Waals surface area contributed by atoms with E-state index in [1.165, 1.54) is 0 Å². The summed E-state index contributed by atoms with van der Waals surface area (Å²) >= 11 is 0. The number of carbonyl (C=O) groups excluding carboxylic acids is 1. The van der Waals surface area contributed by atoms with E-state index in [4.69, 9.17) is 0 Å². The zero-order valence-corrected chi connectivity index (χ0v) is 12.3. The number of imidazole rings is 1. The monoisotopic (exact) mass is 274 g/mol. The molecule has 2 rings (SSSR count). The fourth-order valence-corrected chi connectivity index (χ4v) is 2.15. The number of carbonyl (C=O) groups is 1. The Morgan fingerprint density at radius 1 is 1.35 bits per heavy atom. The van der Waals surface area contributed by atoms with Crippen molar-refractivity contribution in [2.75, 3.05) is 6.54 Å². The topological polar surface area (TPSA) is 59.0 Å². The number of nitrogens with one attached hydrogen (secondary N) is 2. The second-order valence-corrected chi connectivity index (χ2v) is 5.22. The fourth-order valence-electron chi connectivity index (χ4n) is 2.15. The van der Waals surface area contributed by atoms with Crippen molar-refractivity contribution >= 4 is 16.9 Å². The zero-order chi connectivity index (χ0) is 14.5. The van der Waals surface area contributed by atoms with Gasteiger partial charge in [0.15, 0.2) is 0 Å². The predicted octanol–water partition coefficient (Wildman–Crippen LogP) is 1.58. The van der Waals surface area contributed by atoms with Crippen LogP contribution in [0.5, 0.6) is 0 Å². The van der Waals surface area contributed by atoms with Crippen molar-refractivity contribution in [2.45, 2.75) is 32.9 Å². The van der Waals surface area contributed by atoms with Gasteiger partial charge in [0.25, 0.3) is 0 Å². The summed E-state index contributed by atoms with van der Waals surface area (Å²) in [5, 5.41) is 6.14. The van der Waals surface area contributed by atoms with Crippen LogP contribution < -0.4 is 10.6 Å². The van der Waals surface area contributed by atoms with Crippen LogP contribution in [0, 0.1) is 0 Å². The molecule has 0 saturated carbocycles. The Hall–Kier alpha value is -1.88. The van der Waals surface area contributed by atoms with Crippen LogP contribution in [0.15, 0.2) is 24.3 Å². The summed E-state index contributed by atoms with van der Waals surface area (Å²) < 4.78 is 2.08. The summed E-state index contributed by atoms with van der Waals surface area (Å²) in [5.41, 5.74) is 2.13. The second kappa shape index (κ2) is 6.52. The van der Waals surface area contributed by atoms with Gasteiger partial charge in [0, 0.05) is 26.1 Å². The van der Waals surface area contributed by atoms with Crippen molar-refractivity contribution in [2.24, 2.45) is 7.05 Å². The number of rotatable bonds is 6. The van der Waals surface area contributed by atoms with Gasteiger partial charge in [-0.1, -0.05) is 12.1 Å². The Kier molecular flexibility index (Phi) is 4.74. The van der Waals surface area contributed by atoms with E-state index in [0.29, 0.717) is 19.5 Å². The van der Waals surface area contributed by atoms with Crippen molar-refractivity contribution in [1.82, 2.24) is 20.2 Å². The Morgan fingerprint density at radius 3 is 2.80 bits per heavy atom. The average Bonchev–Trinajstić information content (AvgIpc) is 2.71. The highest BCUT2D eigenvalue weighted by molar-refractivity contribution is 5.76. The Labute approximate surface area is 119 Å². The van der Waals surface area contributed by atoms with Crippen molar-refractivity contribution in [3.8, 4) is 0 Å². The summed E-state index contributed by atoms with van der Waals surface area (Å²) in [5.74, 6) is 1.06. The number of hydrogen-bond donors (Lipinski definition) is 2. The molecule has 0 radical (unpaired) electrons. The molecular weight excluding hydrogens is 252 g/mol. The van der Waals surface area contributed by atoms with E-state index in [9.17, 15) is 4.79 Å². The molecule has 0 fully saturated rings. The zero-order valence-electron chi connectivity index (χ0n) is 12.3. The first-order chi connectivity index (χ1) is 9.58. The Balaban J connectivity index is 1.84. The molecule has 0 aliphatic heterocycles.